The molecule has 0 N–H and O–H groups in total. The Hall–Kier alpha value is -6.20. The molecule has 0 spiro atoms. The Labute approximate surface area is 308 Å². The lowest BCUT2D eigenvalue weighted by Crippen LogP contribution is -2.10. The highest BCUT2D eigenvalue weighted by atomic mass is 32.1. The molecule has 0 fully saturated rings. The van der Waals surface area contributed by atoms with Crippen LogP contribution < -0.4 is 4.90 Å². The standard InChI is InChI=1S/C48H30N2S2/c1-2-10-33(11-3-1)50-43-15-7-4-12-37(43)38-25-23-35(29-44(38)50)49(36-24-26-41-39-13-5-8-16-45(39)52-48(41)30-36)34-21-18-31(19-22-34)32-20-27-47-42(28-32)40-14-6-9-17-46(40)51-47/h1-30H. The Kier molecular flexibility index (Phi) is 6.63. The zero-order valence-corrected chi connectivity index (χ0v) is 29.7. The number of para-hydroxylation sites is 2. The second-order valence-electron chi connectivity index (χ2n) is 13.4. The summed E-state index contributed by atoms with van der Waals surface area (Å²) >= 11 is 3.72. The van der Waals surface area contributed by atoms with E-state index in [1.807, 2.05) is 22.7 Å². The van der Waals surface area contributed by atoms with E-state index in [0.29, 0.717) is 0 Å². The number of rotatable bonds is 5. The SMILES string of the molecule is c1ccc(-n2c3ccccc3c3ccc(N(c4ccc(-c5ccc6sc7ccccc7c6c5)cc4)c4ccc5c(c4)sc4ccccc45)cc32)cc1. The zero-order valence-electron chi connectivity index (χ0n) is 28.0. The molecule has 0 saturated heterocycles. The summed E-state index contributed by atoms with van der Waals surface area (Å²) in [5.74, 6) is 0. The third-order valence-corrected chi connectivity index (χ3v) is 12.7. The molecular formula is C48H30N2S2. The first-order valence-corrected chi connectivity index (χ1v) is 19.2. The number of nitrogens with zero attached hydrogens (tertiary/aromatic N) is 2. The van der Waals surface area contributed by atoms with Gasteiger partial charge in [0, 0.05) is 73.9 Å². The Balaban J connectivity index is 1.09. The predicted octanol–water partition coefficient (Wildman–Crippen LogP) is 14.7. The lowest BCUT2D eigenvalue weighted by molar-refractivity contribution is 1.18. The first-order valence-electron chi connectivity index (χ1n) is 17.6. The molecule has 52 heavy (non-hydrogen) atoms. The van der Waals surface area contributed by atoms with Gasteiger partial charge in [-0.15, -0.1) is 22.7 Å². The van der Waals surface area contributed by atoms with Gasteiger partial charge < -0.3 is 9.47 Å². The Bertz CT molecular complexity index is 3130. The lowest BCUT2D eigenvalue weighted by Gasteiger charge is -2.26. The molecule has 0 radical (unpaired) electrons. The van der Waals surface area contributed by atoms with Crippen LogP contribution in [-0.2, 0) is 0 Å². The predicted molar refractivity (Wildman–Crippen MR) is 227 cm³/mol. The van der Waals surface area contributed by atoms with Crippen LogP contribution >= 0.6 is 22.7 Å². The van der Waals surface area contributed by atoms with Crippen molar-refractivity contribution < 1.29 is 0 Å². The largest absolute Gasteiger partial charge is 0.310 e. The third-order valence-electron chi connectivity index (χ3n) is 10.4. The molecule has 3 heterocycles. The van der Waals surface area contributed by atoms with Crippen molar-refractivity contribution in [3.63, 3.8) is 0 Å². The van der Waals surface area contributed by atoms with Crippen LogP contribution in [0, 0.1) is 0 Å². The van der Waals surface area contributed by atoms with E-state index in [-0.39, 0.29) is 0 Å². The topological polar surface area (TPSA) is 8.17 Å². The molecule has 0 aliphatic carbocycles. The second-order valence-corrected chi connectivity index (χ2v) is 15.5. The van der Waals surface area contributed by atoms with Crippen molar-refractivity contribution in [1.82, 2.24) is 4.57 Å². The average molecular weight is 699 g/mol. The molecule has 244 valence electrons. The van der Waals surface area contributed by atoms with Crippen molar-refractivity contribution >= 4 is 102 Å². The van der Waals surface area contributed by atoms with Crippen molar-refractivity contribution in [3.8, 4) is 16.8 Å². The van der Waals surface area contributed by atoms with Crippen LogP contribution in [0.4, 0.5) is 17.1 Å². The van der Waals surface area contributed by atoms with Gasteiger partial charge in [-0.05, 0) is 90.0 Å². The molecule has 0 aliphatic heterocycles. The molecule has 3 aromatic heterocycles. The van der Waals surface area contributed by atoms with Crippen LogP contribution in [0.5, 0.6) is 0 Å². The minimum Gasteiger partial charge on any atom is -0.310 e. The molecule has 8 aromatic carbocycles. The van der Waals surface area contributed by atoms with E-state index in [9.17, 15) is 0 Å². The average Bonchev–Trinajstić information content (AvgIpc) is 3.87. The molecule has 0 aliphatic rings. The van der Waals surface area contributed by atoms with E-state index >= 15 is 0 Å². The van der Waals surface area contributed by atoms with Gasteiger partial charge in [0.05, 0.1) is 11.0 Å². The number of anilines is 3. The van der Waals surface area contributed by atoms with Crippen molar-refractivity contribution in [3.05, 3.63) is 182 Å². The number of hydrogen-bond donors (Lipinski definition) is 0. The zero-order chi connectivity index (χ0) is 34.2. The fraction of sp³-hybridized carbons (Fsp3) is 0. The molecular weight excluding hydrogens is 669 g/mol. The summed E-state index contributed by atoms with van der Waals surface area (Å²) in [6.45, 7) is 0. The monoisotopic (exact) mass is 698 g/mol. The maximum Gasteiger partial charge on any atom is 0.0561 e. The minimum atomic E-state index is 1.12. The van der Waals surface area contributed by atoms with Crippen LogP contribution in [0.25, 0.3) is 79.0 Å². The molecule has 2 nitrogen and oxygen atoms in total. The molecule has 0 bridgehead atoms. The number of aromatic nitrogens is 1. The fourth-order valence-electron chi connectivity index (χ4n) is 7.96. The molecule has 0 amide bonds. The van der Waals surface area contributed by atoms with Crippen molar-refractivity contribution in [2.24, 2.45) is 0 Å². The van der Waals surface area contributed by atoms with E-state index in [0.717, 1.165) is 22.7 Å². The van der Waals surface area contributed by atoms with Gasteiger partial charge in [0.2, 0.25) is 0 Å². The van der Waals surface area contributed by atoms with E-state index in [2.05, 4.69) is 191 Å². The number of thiophene rings is 2. The van der Waals surface area contributed by atoms with Gasteiger partial charge in [-0.1, -0.05) is 103 Å². The van der Waals surface area contributed by atoms with E-state index < -0.39 is 0 Å². The molecule has 0 unspecified atom stereocenters. The summed E-state index contributed by atoms with van der Waals surface area (Å²) in [6, 6.07) is 66.7. The number of benzene rings is 8. The fourth-order valence-corrected chi connectivity index (χ4v) is 10.2. The lowest BCUT2D eigenvalue weighted by atomic mass is 10.0. The maximum absolute atomic E-state index is 2.41. The first-order chi connectivity index (χ1) is 25.8. The third kappa shape index (κ3) is 4.62. The molecule has 0 atom stereocenters. The van der Waals surface area contributed by atoms with Crippen LogP contribution in [0.15, 0.2) is 182 Å². The van der Waals surface area contributed by atoms with Gasteiger partial charge in [0.15, 0.2) is 0 Å². The highest BCUT2D eigenvalue weighted by molar-refractivity contribution is 7.26. The smallest absolute Gasteiger partial charge is 0.0561 e. The van der Waals surface area contributed by atoms with Gasteiger partial charge in [0.25, 0.3) is 0 Å². The maximum atomic E-state index is 2.41. The van der Waals surface area contributed by atoms with Crippen LogP contribution in [0.1, 0.15) is 0 Å². The normalized spacial score (nSPS) is 11.8. The summed E-state index contributed by atoms with van der Waals surface area (Å²) in [4.78, 5) is 2.41. The van der Waals surface area contributed by atoms with Crippen molar-refractivity contribution in [1.29, 1.82) is 0 Å². The van der Waals surface area contributed by atoms with Gasteiger partial charge in [-0.3, -0.25) is 0 Å². The molecule has 4 heteroatoms. The van der Waals surface area contributed by atoms with Gasteiger partial charge in [-0.2, -0.15) is 0 Å². The molecule has 11 rings (SSSR count). The Morgan fingerprint density at radius 2 is 0.865 bits per heavy atom. The van der Waals surface area contributed by atoms with E-state index in [1.165, 1.54) is 73.3 Å². The summed E-state index contributed by atoms with van der Waals surface area (Å²) in [7, 11) is 0. The van der Waals surface area contributed by atoms with Crippen LogP contribution in [0.3, 0.4) is 0 Å². The number of fused-ring (bicyclic) bond motifs is 9. The summed E-state index contributed by atoms with van der Waals surface area (Å²) in [5, 5.41) is 7.76. The molecule has 11 aromatic rings. The molecule has 0 saturated carbocycles. The quantitative estimate of drug-likeness (QED) is 0.174. The second kappa shape index (κ2) is 11.7. The van der Waals surface area contributed by atoms with Gasteiger partial charge in [0.1, 0.15) is 0 Å². The number of hydrogen-bond acceptors (Lipinski definition) is 3. The highest BCUT2D eigenvalue weighted by Gasteiger charge is 2.19. The first kappa shape index (κ1) is 29.5. The van der Waals surface area contributed by atoms with Crippen LogP contribution in [0.2, 0.25) is 0 Å². The minimum absolute atomic E-state index is 1.12. The van der Waals surface area contributed by atoms with Gasteiger partial charge in [-0.25, -0.2) is 0 Å². The van der Waals surface area contributed by atoms with Crippen molar-refractivity contribution in [2.45, 2.75) is 0 Å². The Morgan fingerprint density at radius 1 is 0.327 bits per heavy atom. The summed E-state index contributed by atoms with van der Waals surface area (Å²) in [6.07, 6.45) is 0. The van der Waals surface area contributed by atoms with Crippen LogP contribution in [-0.4, -0.2) is 4.57 Å². The highest BCUT2D eigenvalue weighted by Crippen LogP contribution is 2.43. The summed E-state index contributed by atoms with van der Waals surface area (Å²) < 4.78 is 7.66. The Morgan fingerprint density at radius 3 is 1.65 bits per heavy atom. The van der Waals surface area contributed by atoms with E-state index in [4.69, 9.17) is 0 Å². The summed E-state index contributed by atoms with van der Waals surface area (Å²) in [5.41, 5.74) is 9.36. The van der Waals surface area contributed by atoms with E-state index in [1.54, 1.807) is 0 Å². The van der Waals surface area contributed by atoms with Crippen molar-refractivity contribution in [2.75, 3.05) is 4.90 Å². The van der Waals surface area contributed by atoms with Gasteiger partial charge >= 0.3 is 0 Å².